The first-order valence-corrected chi connectivity index (χ1v) is 6.63. The Hall–Kier alpha value is -0.910. The van der Waals surface area contributed by atoms with Gasteiger partial charge in [0.15, 0.2) is 4.77 Å². The number of aromatic nitrogens is 2. The number of hydrogen-bond acceptors (Lipinski definition) is 2. The largest absolute Gasteiger partial charge is 0.376 e. The molecule has 3 rings (SSSR count). The number of nitrogens with zero attached hydrogens (tertiary/aromatic N) is 1. The van der Waals surface area contributed by atoms with Crippen molar-refractivity contribution in [2.24, 2.45) is 0 Å². The third kappa shape index (κ3) is 2.06. The molecule has 0 saturated carbocycles. The zero-order valence-corrected chi connectivity index (χ0v) is 11.2. The molecule has 0 radical (unpaired) electrons. The summed E-state index contributed by atoms with van der Waals surface area (Å²) in [6.45, 7) is 1.44. The van der Waals surface area contributed by atoms with E-state index in [0.29, 0.717) is 11.3 Å². The number of aromatic amines is 1. The lowest BCUT2D eigenvalue weighted by molar-refractivity contribution is 0.0976. The molecule has 96 valence electrons. The topological polar surface area (TPSA) is 29.9 Å². The summed E-state index contributed by atoms with van der Waals surface area (Å²) >= 11 is 11.0. The van der Waals surface area contributed by atoms with Gasteiger partial charge in [0.2, 0.25) is 0 Å². The summed E-state index contributed by atoms with van der Waals surface area (Å²) in [4.78, 5) is 3.04. The molecule has 0 spiro atoms. The Morgan fingerprint density at radius 2 is 2.39 bits per heavy atom. The zero-order chi connectivity index (χ0) is 12.7. The number of H-pyrrole nitrogens is 1. The quantitative estimate of drug-likeness (QED) is 0.854. The van der Waals surface area contributed by atoms with E-state index in [9.17, 15) is 4.39 Å². The minimum Gasteiger partial charge on any atom is -0.376 e. The molecule has 1 atom stereocenters. The lowest BCUT2D eigenvalue weighted by Gasteiger charge is -2.11. The Balaban J connectivity index is 2.07. The van der Waals surface area contributed by atoms with Gasteiger partial charge < -0.3 is 14.3 Å². The molecule has 0 amide bonds. The van der Waals surface area contributed by atoms with Crippen LogP contribution in [0.1, 0.15) is 12.8 Å². The Kier molecular flexibility index (Phi) is 3.13. The number of halogens is 2. The van der Waals surface area contributed by atoms with Crippen LogP contribution in [0.3, 0.4) is 0 Å². The number of nitrogens with one attached hydrogen (secondary N) is 1. The molecule has 1 N–H and O–H groups in total. The van der Waals surface area contributed by atoms with Gasteiger partial charge in [-0.2, -0.15) is 0 Å². The SMILES string of the molecule is Fc1cc2c(cc1Cl)[nH]c(=S)n2CC1CCCO1. The van der Waals surface area contributed by atoms with Crippen molar-refractivity contribution < 1.29 is 9.13 Å². The molecule has 3 nitrogen and oxygen atoms in total. The van der Waals surface area contributed by atoms with Crippen molar-refractivity contribution in [1.82, 2.24) is 9.55 Å². The Morgan fingerprint density at radius 3 is 3.11 bits per heavy atom. The summed E-state index contributed by atoms with van der Waals surface area (Å²) in [5, 5.41) is 0.100. The van der Waals surface area contributed by atoms with Crippen molar-refractivity contribution in [2.75, 3.05) is 6.61 Å². The van der Waals surface area contributed by atoms with Gasteiger partial charge in [-0.1, -0.05) is 11.6 Å². The number of ether oxygens (including phenoxy) is 1. The second-order valence-electron chi connectivity index (χ2n) is 4.46. The summed E-state index contributed by atoms with van der Waals surface area (Å²) in [6, 6.07) is 2.98. The van der Waals surface area contributed by atoms with Gasteiger partial charge in [0.25, 0.3) is 0 Å². The van der Waals surface area contributed by atoms with Crippen LogP contribution < -0.4 is 0 Å². The molecule has 1 aliphatic rings. The van der Waals surface area contributed by atoms with Crippen molar-refractivity contribution >= 4 is 34.9 Å². The Bertz CT molecular complexity index is 645. The summed E-state index contributed by atoms with van der Waals surface area (Å²) in [5.41, 5.74) is 1.49. The molecule has 2 heterocycles. The first-order chi connectivity index (χ1) is 8.65. The molecule has 1 aliphatic heterocycles. The second-order valence-corrected chi connectivity index (χ2v) is 5.25. The number of benzene rings is 1. The lowest BCUT2D eigenvalue weighted by Crippen LogP contribution is -2.14. The van der Waals surface area contributed by atoms with Crippen LogP contribution in [0.5, 0.6) is 0 Å². The van der Waals surface area contributed by atoms with E-state index >= 15 is 0 Å². The fourth-order valence-corrected chi connectivity index (χ4v) is 2.77. The molecule has 1 aromatic heterocycles. The molecule has 0 aliphatic carbocycles. The van der Waals surface area contributed by atoms with Crippen molar-refractivity contribution in [3.63, 3.8) is 0 Å². The van der Waals surface area contributed by atoms with E-state index in [4.69, 9.17) is 28.6 Å². The maximum atomic E-state index is 13.5. The normalized spacial score (nSPS) is 19.8. The molecular weight excluding hydrogens is 275 g/mol. The van der Waals surface area contributed by atoms with Crippen LogP contribution in [0.2, 0.25) is 5.02 Å². The number of rotatable bonds is 2. The smallest absolute Gasteiger partial charge is 0.178 e. The molecule has 6 heteroatoms. The average molecular weight is 287 g/mol. The van der Waals surface area contributed by atoms with Gasteiger partial charge >= 0.3 is 0 Å². The van der Waals surface area contributed by atoms with Gasteiger partial charge in [0.05, 0.1) is 28.7 Å². The fourth-order valence-electron chi connectivity index (χ4n) is 2.33. The van der Waals surface area contributed by atoms with Gasteiger partial charge in [-0.05, 0) is 31.1 Å². The number of imidazole rings is 1. The van der Waals surface area contributed by atoms with Crippen LogP contribution in [0.25, 0.3) is 11.0 Å². The Morgan fingerprint density at radius 1 is 1.56 bits per heavy atom. The van der Waals surface area contributed by atoms with Gasteiger partial charge in [-0.3, -0.25) is 0 Å². The first kappa shape index (κ1) is 12.1. The average Bonchev–Trinajstić information content (AvgIpc) is 2.92. The van der Waals surface area contributed by atoms with Crippen molar-refractivity contribution in [1.29, 1.82) is 0 Å². The minimum absolute atomic E-state index is 0.100. The van der Waals surface area contributed by atoms with Crippen molar-refractivity contribution in [2.45, 2.75) is 25.5 Å². The summed E-state index contributed by atoms with van der Waals surface area (Å²) in [7, 11) is 0. The summed E-state index contributed by atoms with van der Waals surface area (Å²) < 4.78 is 21.6. The third-order valence-corrected chi connectivity index (χ3v) is 3.84. The third-order valence-electron chi connectivity index (χ3n) is 3.23. The van der Waals surface area contributed by atoms with Crippen LogP contribution in [0.15, 0.2) is 12.1 Å². The van der Waals surface area contributed by atoms with Crippen LogP contribution in [-0.4, -0.2) is 22.3 Å². The number of fused-ring (bicyclic) bond motifs is 1. The van der Waals surface area contributed by atoms with E-state index in [0.717, 1.165) is 30.5 Å². The molecule has 1 saturated heterocycles. The van der Waals surface area contributed by atoms with E-state index in [1.165, 1.54) is 6.07 Å². The first-order valence-electron chi connectivity index (χ1n) is 5.84. The van der Waals surface area contributed by atoms with Crippen molar-refractivity contribution in [3.05, 3.63) is 27.7 Å². The predicted octanol–water partition coefficient (Wildman–Crippen LogP) is 3.67. The van der Waals surface area contributed by atoms with Crippen molar-refractivity contribution in [3.8, 4) is 0 Å². The van der Waals surface area contributed by atoms with Crippen LogP contribution in [0.4, 0.5) is 4.39 Å². The maximum Gasteiger partial charge on any atom is 0.178 e. The van der Waals surface area contributed by atoms with E-state index < -0.39 is 5.82 Å². The molecule has 1 aromatic carbocycles. The predicted molar refractivity (Wildman–Crippen MR) is 71.1 cm³/mol. The molecule has 1 fully saturated rings. The Labute approximate surface area is 114 Å². The summed E-state index contributed by atoms with van der Waals surface area (Å²) in [5.74, 6) is -0.431. The molecule has 2 aromatic rings. The fraction of sp³-hybridized carbons (Fsp3) is 0.417. The molecule has 0 bridgehead atoms. The lowest BCUT2D eigenvalue weighted by atomic mass is 10.2. The van der Waals surface area contributed by atoms with Crippen LogP contribution in [-0.2, 0) is 11.3 Å². The summed E-state index contributed by atoms with van der Waals surface area (Å²) in [6.07, 6.45) is 2.25. The van der Waals surface area contributed by atoms with Gasteiger partial charge in [0, 0.05) is 12.7 Å². The van der Waals surface area contributed by atoms with Crippen LogP contribution >= 0.6 is 23.8 Å². The maximum absolute atomic E-state index is 13.5. The number of hydrogen-bond donors (Lipinski definition) is 1. The zero-order valence-electron chi connectivity index (χ0n) is 9.58. The molecular formula is C12H12ClFN2OS. The highest BCUT2D eigenvalue weighted by molar-refractivity contribution is 7.71. The van der Waals surface area contributed by atoms with E-state index in [1.54, 1.807) is 6.07 Å². The highest BCUT2D eigenvalue weighted by Gasteiger charge is 2.18. The van der Waals surface area contributed by atoms with E-state index in [-0.39, 0.29) is 11.1 Å². The van der Waals surface area contributed by atoms with E-state index in [1.807, 2.05) is 4.57 Å². The molecule has 1 unspecified atom stereocenters. The van der Waals surface area contributed by atoms with Gasteiger partial charge in [-0.25, -0.2) is 4.39 Å². The minimum atomic E-state index is -0.431. The standard InChI is InChI=1S/C12H12ClFN2OS/c13-8-4-10-11(5-9(8)14)16(12(18)15-10)6-7-2-1-3-17-7/h4-5,7H,1-3,6H2,(H,15,18). The van der Waals surface area contributed by atoms with Crippen LogP contribution in [0, 0.1) is 10.6 Å². The highest BCUT2D eigenvalue weighted by Crippen LogP contribution is 2.24. The van der Waals surface area contributed by atoms with Gasteiger partial charge in [0.1, 0.15) is 5.82 Å². The monoisotopic (exact) mass is 286 g/mol. The van der Waals surface area contributed by atoms with Gasteiger partial charge in [-0.15, -0.1) is 0 Å². The van der Waals surface area contributed by atoms with E-state index in [2.05, 4.69) is 4.98 Å². The second kappa shape index (κ2) is 4.64. The highest BCUT2D eigenvalue weighted by atomic mass is 35.5. The molecule has 18 heavy (non-hydrogen) atoms.